The van der Waals surface area contributed by atoms with E-state index in [9.17, 15) is 4.79 Å². The number of fused-ring (bicyclic) bond motifs is 4. The number of H-pyrrole nitrogens is 1. The van der Waals surface area contributed by atoms with E-state index in [-0.39, 0.29) is 11.7 Å². The fraction of sp³-hybridized carbons (Fsp3) is 0.500. The Morgan fingerprint density at radius 2 is 1.94 bits per heavy atom. The second-order valence-corrected chi connectivity index (χ2v) is 9.09. The minimum absolute atomic E-state index is 0.0534. The molecule has 4 heterocycles. The monoisotopic (exact) mass is 422 g/mol. The molecule has 2 bridgehead atoms. The third-order valence-electron chi connectivity index (χ3n) is 6.52. The third-order valence-corrected chi connectivity index (χ3v) is 6.52. The Kier molecular flexibility index (Phi) is 5.01. The zero-order chi connectivity index (χ0) is 21.7. The molecule has 1 saturated heterocycles. The zero-order valence-electron chi connectivity index (χ0n) is 18.6. The molecule has 3 aromatic rings. The first-order valence-electron chi connectivity index (χ1n) is 11.1. The van der Waals surface area contributed by atoms with Crippen molar-refractivity contribution in [3.63, 3.8) is 0 Å². The predicted octanol–water partition coefficient (Wildman–Crippen LogP) is 3.26. The highest BCUT2D eigenvalue weighted by molar-refractivity contribution is 5.44. The number of hydrogen-bond acceptors (Lipinski definition) is 5. The van der Waals surface area contributed by atoms with E-state index < -0.39 is 0 Å². The summed E-state index contributed by atoms with van der Waals surface area (Å²) >= 11 is 0. The zero-order valence-corrected chi connectivity index (χ0v) is 18.6. The van der Waals surface area contributed by atoms with Gasteiger partial charge in [0.1, 0.15) is 0 Å². The lowest BCUT2D eigenvalue weighted by Crippen LogP contribution is -2.36. The van der Waals surface area contributed by atoms with Gasteiger partial charge in [-0.15, -0.1) is 0 Å². The summed E-state index contributed by atoms with van der Waals surface area (Å²) in [5.41, 5.74) is 4.77. The summed E-state index contributed by atoms with van der Waals surface area (Å²) in [7, 11) is 1.67. The maximum atomic E-state index is 13.1. The summed E-state index contributed by atoms with van der Waals surface area (Å²) in [5.74, 6) is 1.54. The van der Waals surface area contributed by atoms with Crippen molar-refractivity contribution >= 4 is 5.65 Å². The van der Waals surface area contributed by atoms with E-state index in [4.69, 9.17) is 14.5 Å². The molecule has 1 aromatic carbocycles. The second-order valence-electron chi connectivity index (χ2n) is 9.09. The highest BCUT2D eigenvalue weighted by Crippen LogP contribution is 2.36. The molecule has 1 N–H and O–H groups in total. The molecule has 2 atom stereocenters. The third kappa shape index (κ3) is 3.61. The minimum atomic E-state index is 0.0534. The van der Waals surface area contributed by atoms with E-state index in [0.29, 0.717) is 12.1 Å². The van der Waals surface area contributed by atoms with Gasteiger partial charge in [0.25, 0.3) is 5.56 Å². The first kappa shape index (κ1) is 20.1. The van der Waals surface area contributed by atoms with Gasteiger partial charge >= 0.3 is 0 Å². The molecule has 0 radical (unpaired) electrons. The molecule has 0 spiro atoms. The Morgan fingerprint density at radius 3 is 2.68 bits per heavy atom. The Morgan fingerprint density at radius 1 is 1.16 bits per heavy atom. The molecule has 2 aromatic heterocycles. The van der Waals surface area contributed by atoms with E-state index in [2.05, 4.69) is 22.1 Å². The van der Waals surface area contributed by atoms with Crippen LogP contribution in [0.1, 0.15) is 49.2 Å². The minimum Gasteiger partial charge on any atom is -0.493 e. The van der Waals surface area contributed by atoms with Gasteiger partial charge in [-0.05, 0) is 57.7 Å². The maximum absolute atomic E-state index is 13.1. The number of nitrogens with one attached hydrogen (secondary N) is 1. The topological polar surface area (TPSA) is 71.9 Å². The number of rotatable bonds is 5. The van der Waals surface area contributed by atoms with Crippen LogP contribution in [0.3, 0.4) is 0 Å². The van der Waals surface area contributed by atoms with Crippen molar-refractivity contribution in [2.75, 3.05) is 7.11 Å². The van der Waals surface area contributed by atoms with Gasteiger partial charge in [0.05, 0.1) is 18.9 Å². The molecule has 0 aliphatic carbocycles. The average molecular weight is 423 g/mol. The van der Waals surface area contributed by atoms with Crippen LogP contribution in [0, 0.1) is 6.92 Å². The van der Waals surface area contributed by atoms with Gasteiger partial charge in [0, 0.05) is 42.4 Å². The Labute approximate surface area is 182 Å². The Hall–Kier alpha value is -2.80. The predicted molar refractivity (Wildman–Crippen MR) is 119 cm³/mol. The van der Waals surface area contributed by atoms with Gasteiger partial charge in [0.15, 0.2) is 17.1 Å². The molecule has 7 heteroatoms. The smallest absolute Gasteiger partial charge is 0.276 e. The summed E-state index contributed by atoms with van der Waals surface area (Å²) in [6, 6.07) is 8.89. The van der Waals surface area contributed by atoms with Crippen LogP contribution in [-0.4, -0.2) is 44.8 Å². The van der Waals surface area contributed by atoms with E-state index in [1.54, 1.807) is 11.6 Å². The number of hydrogen-bond donors (Lipinski definition) is 1. The van der Waals surface area contributed by atoms with Gasteiger partial charge in [-0.25, -0.2) is 9.50 Å². The first-order chi connectivity index (χ1) is 14.9. The standard InChI is InChI=1S/C24H30N4O3/c1-14(2)31-22-10-16(5-8-21(22)30-4)13-27-17-6-7-18(27)12-20-19(11-17)24(29)28-23(25-20)9-15(3)26-28/h5,8-10,14,17-18,26H,6-7,11-13H2,1-4H3. The molecular formula is C24H30N4O3. The van der Waals surface area contributed by atoms with Crippen LogP contribution in [-0.2, 0) is 19.4 Å². The van der Waals surface area contributed by atoms with E-state index in [1.807, 2.05) is 32.9 Å². The number of ether oxygens (including phenoxy) is 2. The fourth-order valence-corrected chi connectivity index (χ4v) is 5.15. The van der Waals surface area contributed by atoms with Gasteiger partial charge in [0.2, 0.25) is 0 Å². The van der Waals surface area contributed by atoms with Crippen molar-refractivity contribution in [2.24, 2.45) is 0 Å². The van der Waals surface area contributed by atoms with Crippen molar-refractivity contribution in [3.8, 4) is 11.5 Å². The first-order valence-corrected chi connectivity index (χ1v) is 11.1. The molecule has 2 aliphatic heterocycles. The highest BCUT2D eigenvalue weighted by atomic mass is 16.5. The number of aromatic nitrogens is 3. The summed E-state index contributed by atoms with van der Waals surface area (Å²) in [4.78, 5) is 20.6. The summed E-state index contributed by atoms with van der Waals surface area (Å²) in [6.45, 7) is 6.83. The van der Waals surface area contributed by atoms with Crippen LogP contribution in [0.4, 0.5) is 0 Å². The fourth-order valence-electron chi connectivity index (χ4n) is 5.15. The molecule has 164 valence electrons. The quantitative estimate of drug-likeness (QED) is 0.683. The molecule has 2 aliphatic rings. The number of nitrogens with zero attached hydrogens (tertiary/aromatic N) is 3. The molecular weight excluding hydrogens is 392 g/mol. The van der Waals surface area contributed by atoms with Crippen LogP contribution < -0.4 is 15.0 Å². The lowest BCUT2D eigenvalue weighted by molar-refractivity contribution is 0.186. The van der Waals surface area contributed by atoms with Crippen LogP contribution >= 0.6 is 0 Å². The maximum Gasteiger partial charge on any atom is 0.276 e. The van der Waals surface area contributed by atoms with E-state index >= 15 is 0 Å². The van der Waals surface area contributed by atoms with Crippen molar-refractivity contribution in [2.45, 2.75) is 71.2 Å². The van der Waals surface area contributed by atoms with Crippen LogP contribution in [0.15, 0.2) is 29.1 Å². The van der Waals surface area contributed by atoms with Gasteiger partial charge < -0.3 is 9.47 Å². The van der Waals surface area contributed by atoms with Crippen molar-refractivity contribution in [1.82, 2.24) is 19.5 Å². The van der Waals surface area contributed by atoms with Crippen LogP contribution in [0.25, 0.3) is 5.65 Å². The molecule has 0 amide bonds. The molecule has 2 unspecified atom stereocenters. The molecule has 1 fully saturated rings. The molecule has 5 rings (SSSR count). The summed E-state index contributed by atoms with van der Waals surface area (Å²) in [5, 5.41) is 3.13. The van der Waals surface area contributed by atoms with Gasteiger partial charge in [-0.2, -0.15) is 0 Å². The van der Waals surface area contributed by atoms with Crippen LogP contribution in [0.5, 0.6) is 11.5 Å². The second kappa shape index (κ2) is 7.71. The molecule has 7 nitrogen and oxygen atoms in total. The van der Waals surface area contributed by atoms with Gasteiger partial charge in [-0.3, -0.25) is 14.8 Å². The average Bonchev–Trinajstić information content (AvgIpc) is 3.22. The number of benzene rings is 1. The number of methoxy groups -OCH3 is 1. The SMILES string of the molecule is COc1ccc(CN2C3CCC2Cc2c(nc4cc(C)[nH]n4c2=O)C3)cc1OC(C)C. The summed E-state index contributed by atoms with van der Waals surface area (Å²) in [6.07, 6.45) is 3.92. The van der Waals surface area contributed by atoms with Crippen molar-refractivity contribution < 1.29 is 9.47 Å². The lowest BCUT2D eigenvalue weighted by Gasteiger charge is -2.28. The van der Waals surface area contributed by atoms with Crippen LogP contribution in [0.2, 0.25) is 0 Å². The van der Waals surface area contributed by atoms with Gasteiger partial charge in [-0.1, -0.05) is 6.07 Å². The van der Waals surface area contributed by atoms with E-state index in [0.717, 1.165) is 66.3 Å². The summed E-state index contributed by atoms with van der Waals surface area (Å²) < 4.78 is 13.0. The van der Waals surface area contributed by atoms with Crippen molar-refractivity contribution in [3.05, 3.63) is 57.1 Å². The Bertz CT molecular complexity index is 1180. The Balaban J connectivity index is 1.45. The number of aryl methyl sites for hydroxylation is 1. The van der Waals surface area contributed by atoms with E-state index in [1.165, 1.54) is 5.56 Å². The lowest BCUT2D eigenvalue weighted by atomic mass is 9.98. The molecule has 31 heavy (non-hydrogen) atoms. The largest absolute Gasteiger partial charge is 0.493 e. The highest BCUT2D eigenvalue weighted by Gasteiger charge is 2.38. The normalized spacial score (nSPS) is 20.8. The van der Waals surface area contributed by atoms with Crippen molar-refractivity contribution in [1.29, 1.82) is 0 Å². The number of aromatic amines is 1. The molecule has 0 saturated carbocycles.